The van der Waals surface area contributed by atoms with Gasteiger partial charge >= 0.3 is 0 Å². The van der Waals surface area contributed by atoms with Crippen molar-refractivity contribution < 1.29 is 8.42 Å². The average Bonchev–Trinajstić information content (AvgIpc) is 3.13. The maximum Gasteiger partial charge on any atom is 0.214 e. The molecule has 0 radical (unpaired) electrons. The van der Waals surface area contributed by atoms with E-state index in [-0.39, 0.29) is 0 Å². The monoisotopic (exact) mass is 275 g/mol. The summed E-state index contributed by atoms with van der Waals surface area (Å²) in [6, 6.07) is 0.722. The first kappa shape index (κ1) is 14.2. The summed E-state index contributed by atoms with van der Waals surface area (Å²) in [5.41, 5.74) is 0. The maximum absolute atomic E-state index is 12.1. The number of nitrogens with one attached hydrogen (secondary N) is 1. The summed E-state index contributed by atoms with van der Waals surface area (Å²) < 4.78 is 25.8. The molecule has 1 saturated heterocycles. The van der Waals surface area contributed by atoms with Crippen molar-refractivity contribution in [1.82, 2.24) is 14.5 Å². The Morgan fingerprint density at radius 3 is 2.39 bits per heavy atom. The van der Waals surface area contributed by atoms with Crippen molar-refractivity contribution in [3.05, 3.63) is 0 Å². The molecule has 0 unspecified atom stereocenters. The van der Waals surface area contributed by atoms with Crippen molar-refractivity contribution in [2.24, 2.45) is 0 Å². The van der Waals surface area contributed by atoms with Crippen molar-refractivity contribution in [3.8, 4) is 0 Å². The lowest BCUT2D eigenvalue weighted by atomic mass is 10.3. The molecule has 106 valence electrons. The first-order chi connectivity index (χ1) is 8.58. The standard InChI is InChI=1S/C12H25N3O2S/c1-14-7-9-15(10-8-14)18(16,17)11-3-2-6-13-12-4-5-12/h12-13H,2-11H2,1H3. The Morgan fingerprint density at radius 2 is 1.78 bits per heavy atom. The second-order valence-electron chi connectivity index (χ2n) is 5.45. The Morgan fingerprint density at radius 1 is 1.11 bits per heavy atom. The Kier molecular flexibility index (Phi) is 5.00. The molecule has 1 N–H and O–H groups in total. The predicted octanol–water partition coefficient (Wildman–Crippen LogP) is 0.0958. The van der Waals surface area contributed by atoms with Gasteiger partial charge in [-0.05, 0) is 39.3 Å². The number of hydrogen-bond acceptors (Lipinski definition) is 4. The van der Waals surface area contributed by atoms with Gasteiger partial charge in [-0.1, -0.05) is 0 Å². The molecule has 0 amide bonds. The third kappa shape index (κ3) is 4.50. The summed E-state index contributed by atoms with van der Waals surface area (Å²) in [6.07, 6.45) is 4.32. The van der Waals surface area contributed by atoms with Crippen LogP contribution in [0.4, 0.5) is 0 Å². The summed E-state index contributed by atoms with van der Waals surface area (Å²) in [6.45, 7) is 3.96. The van der Waals surface area contributed by atoms with Crippen LogP contribution < -0.4 is 5.32 Å². The second-order valence-corrected chi connectivity index (χ2v) is 7.54. The minimum Gasteiger partial charge on any atom is -0.314 e. The van der Waals surface area contributed by atoms with E-state index in [9.17, 15) is 8.42 Å². The summed E-state index contributed by atoms with van der Waals surface area (Å²) in [5.74, 6) is 0.309. The van der Waals surface area contributed by atoms with Gasteiger partial charge in [0.05, 0.1) is 5.75 Å². The molecule has 0 atom stereocenters. The molecule has 0 aromatic carbocycles. The molecule has 1 saturated carbocycles. The Balaban J connectivity index is 1.63. The van der Waals surface area contributed by atoms with Crippen molar-refractivity contribution >= 4 is 10.0 Å². The summed E-state index contributed by atoms with van der Waals surface area (Å²) in [4.78, 5) is 2.17. The molecule has 0 spiro atoms. The molecule has 0 aromatic heterocycles. The molecule has 2 fully saturated rings. The Bertz CT molecular complexity index is 346. The summed E-state index contributed by atoms with van der Waals surface area (Å²) in [7, 11) is -0.978. The van der Waals surface area contributed by atoms with Crippen LogP contribution in [0.1, 0.15) is 25.7 Å². The van der Waals surface area contributed by atoms with Crippen LogP contribution in [0.3, 0.4) is 0 Å². The smallest absolute Gasteiger partial charge is 0.214 e. The molecular formula is C12H25N3O2S. The highest BCUT2D eigenvalue weighted by Gasteiger charge is 2.25. The van der Waals surface area contributed by atoms with Gasteiger partial charge in [-0.3, -0.25) is 0 Å². The van der Waals surface area contributed by atoms with Crippen molar-refractivity contribution in [2.45, 2.75) is 31.7 Å². The fourth-order valence-corrected chi connectivity index (χ4v) is 3.75. The first-order valence-corrected chi connectivity index (χ1v) is 8.58. The third-order valence-corrected chi connectivity index (χ3v) is 5.65. The van der Waals surface area contributed by atoms with Crippen LogP contribution in [0.15, 0.2) is 0 Å². The van der Waals surface area contributed by atoms with Crippen LogP contribution in [-0.2, 0) is 10.0 Å². The lowest BCUT2D eigenvalue weighted by Crippen LogP contribution is -2.47. The lowest BCUT2D eigenvalue weighted by Gasteiger charge is -2.31. The highest BCUT2D eigenvalue weighted by Crippen LogP contribution is 2.18. The van der Waals surface area contributed by atoms with Crippen molar-refractivity contribution in [3.63, 3.8) is 0 Å². The number of nitrogens with zero attached hydrogens (tertiary/aromatic N) is 2. The van der Waals surface area contributed by atoms with Gasteiger partial charge in [0, 0.05) is 32.2 Å². The SMILES string of the molecule is CN1CCN(S(=O)(=O)CCCCNC2CC2)CC1. The zero-order valence-corrected chi connectivity index (χ0v) is 12.1. The van der Waals surface area contributed by atoms with Gasteiger partial charge in [-0.25, -0.2) is 8.42 Å². The molecule has 1 aliphatic heterocycles. The van der Waals surface area contributed by atoms with Gasteiger partial charge < -0.3 is 10.2 Å². The van der Waals surface area contributed by atoms with Gasteiger partial charge in [0.15, 0.2) is 0 Å². The average molecular weight is 275 g/mol. The van der Waals surface area contributed by atoms with E-state index in [4.69, 9.17) is 0 Å². The molecular weight excluding hydrogens is 250 g/mol. The number of piperazine rings is 1. The first-order valence-electron chi connectivity index (χ1n) is 6.98. The Hall–Kier alpha value is -0.170. The van der Waals surface area contributed by atoms with E-state index in [0.717, 1.165) is 38.5 Å². The quantitative estimate of drug-likeness (QED) is 0.669. The molecule has 2 aliphatic rings. The number of sulfonamides is 1. The van der Waals surface area contributed by atoms with Crippen LogP contribution >= 0.6 is 0 Å². The molecule has 1 heterocycles. The van der Waals surface area contributed by atoms with E-state index in [1.54, 1.807) is 4.31 Å². The van der Waals surface area contributed by atoms with Gasteiger partial charge in [0.25, 0.3) is 0 Å². The highest BCUT2D eigenvalue weighted by molar-refractivity contribution is 7.89. The second kappa shape index (κ2) is 6.32. The molecule has 5 nitrogen and oxygen atoms in total. The Labute approximate surface area is 111 Å². The number of unbranched alkanes of at least 4 members (excludes halogenated alkanes) is 1. The van der Waals surface area contributed by atoms with E-state index < -0.39 is 10.0 Å². The zero-order chi connectivity index (χ0) is 13.0. The number of rotatable bonds is 7. The van der Waals surface area contributed by atoms with Gasteiger partial charge in [0.2, 0.25) is 10.0 Å². The predicted molar refractivity (Wildman–Crippen MR) is 73.1 cm³/mol. The molecule has 1 aliphatic carbocycles. The van der Waals surface area contributed by atoms with Gasteiger partial charge in [-0.2, -0.15) is 4.31 Å². The fourth-order valence-electron chi connectivity index (χ4n) is 2.20. The zero-order valence-electron chi connectivity index (χ0n) is 11.3. The molecule has 0 bridgehead atoms. The minimum atomic E-state index is -3.01. The van der Waals surface area contributed by atoms with E-state index in [1.807, 2.05) is 7.05 Å². The number of likely N-dealkylation sites (N-methyl/N-ethyl adjacent to an activating group) is 1. The number of hydrogen-bond donors (Lipinski definition) is 1. The van der Waals surface area contributed by atoms with Crippen LogP contribution in [0.5, 0.6) is 0 Å². The van der Waals surface area contributed by atoms with Gasteiger partial charge in [-0.15, -0.1) is 0 Å². The molecule has 0 aromatic rings. The van der Waals surface area contributed by atoms with E-state index >= 15 is 0 Å². The molecule has 18 heavy (non-hydrogen) atoms. The topological polar surface area (TPSA) is 52.7 Å². The van der Waals surface area contributed by atoms with Crippen molar-refractivity contribution in [2.75, 3.05) is 45.5 Å². The fraction of sp³-hybridized carbons (Fsp3) is 1.00. The third-order valence-electron chi connectivity index (χ3n) is 3.70. The largest absolute Gasteiger partial charge is 0.314 e. The van der Waals surface area contributed by atoms with Crippen LogP contribution in [0.2, 0.25) is 0 Å². The van der Waals surface area contributed by atoms with E-state index in [0.29, 0.717) is 18.8 Å². The lowest BCUT2D eigenvalue weighted by molar-refractivity contribution is 0.222. The van der Waals surface area contributed by atoms with Crippen LogP contribution in [-0.4, -0.2) is 69.2 Å². The maximum atomic E-state index is 12.1. The van der Waals surface area contributed by atoms with E-state index in [1.165, 1.54) is 12.8 Å². The minimum absolute atomic E-state index is 0.309. The highest BCUT2D eigenvalue weighted by atomic mass is 32.2. The van der Waals surface area contributed by atoms with Crippen molar-refractivity contribution in [1.29, 1.82) is 0 Å². The van der Waals surface area contributed by atoms with Gasteiger partial charge in [0.1, 0.15) is 0 Å². The summed E-state index contributed by atoms with van der Waals surface area (Å²) in [5, 5.41) is 3.41. The molecule has 2 rings (SSSR count). The van der Waals surface area contributed by atoms with E-state index in [2.05, 4.69) is 10.2 Å². The molecule has 6 heteroatoms. The normalized spacial score (nSPS) is 23.4. The summed E-state index contributed by atoms with van der Waals surface area (Å²) >= 11 is 0. The van der Waals surface area contributed by atoms with Crippen LogP contribution in [0.25, 0.3) is 0 Å². The van der Waals surface area contributed by atoms with Crippen LogP contribution in [0, 0.1) is 0 Å².